The highest BCUT2D eigenvalue weighted by Gasteiger charge is 2.10. The molecule has 3 heterocycles. The first-order valence-electron chi connectivity index (χ1n) is 9.45. The van der Waals surface area contributed by atoms with Gasteiger partial charge in [-0.05, 0) is 59.5 Å². The van der Waals surface area contributed by atoms with Crippen molar-refractivity contribution in [3.05, 3.63) is 80.5 Å². The van der Waals surface area contributed by atoms with Gasteiger partial charge in [-0.2, -0.15) is 16.4 Å². The fourth-order valence-electron chi connectivity index (χ4n) is 3.20. The number of benzene rings is 1. The lowest BCUT2D eigenvalue weighted by atomic mass is 10.0. The number of thiophene rings is 1. The Bertz CT molecular complexity index is 1220. The van der Waals surface area contributed by atoms with E-state index in [4.69, 9.17) is 0 Å². The van der Waals surface area contributed by atoms with Crippen molar-refractivity contribution in [3.63, 3.8) is 0 Å². The largest absolute Gasteiger partial charge is 0.354 e. The molecule has 4 aromatic rings. The van der Waals surface area contributed by atoms with E-state index in [2.05, 4.69) is 36.4 Å². The summed E-state index contributed by atoms with van der Waals surface area (Å²) in [5.74, 6) is -0.0427. The molecule has 0 atom stereocenters. The second-order valence-electron chi connectivity index (χ2n) is 7.11. The molecule has 7 heteroatoms. The van der Waals surface area contributed by atoms with E-state index in [9.17, 15) is 9.59 Å². The second kappa shape index (κ2) is 8.05. The van der Waals surface area contributed by atoms with E-state index in [1.54, 1.807) is 32.8 Å². The van der Waals surface area contributed by atoms with Crippen molar-refractivity contribution >= 4 is 22.8 Å². The highest BCUT2D eigenvalue weighted by atomic mass is 32.1. The van der Waals surface area contributed by atoms with Crippen LogP contribution in [-0.4, -0.2) is 26.6 Å². The fourth-order valence-corrected chi connectivity index (χ4v) is 3.87. The number of carbonyl (C=O) groups is 1. The molecule has 0 radical (unpaired) electrons. The number of amides is 1. The van der Waals surface area contributed by atoms with Crippen LogP contribution in [0.15, 0.2) is 58.3 Å². The molecule has 0 spiro atoms. The number of fused-ring (bicyclic) bond motifs is 1. The summed E-state index contributed by atoms with van der Waals surface area (Å²) in [6, 6.07) is 9.92. The van der Waals surface area contributed by atoms with Crippen LogP contribution < -0.4 is 10.9 Å². The standard InChI is InChI=1S/C22H22N4O2S/c1-15-3-4-18(11-16(15)2)19-13-20-22(28)25(8-9-26(20)24-19)7-6-23-21(27)12-17-5-10-29-14-17/h3-5,8-11,13-14H,6-7,12H2,1-2H3,(H,23,27). The molecule has 0 unspecified atom stereocenters. The molecule has 0 fully saturated rings. The Morgan fingerprint density at radius 3 is 2.76 bits per heavy atom. The van der Waals surface area contributed by atoms with E-state index < -0.39 is 0 Å². The molecule has 0 bridgehead atoms. The fraction of sp³-hybridized carbons (Fsp3) is 0.227. The van der Waals surface area contributed by atoms with Gasteiger partial charge < -0.3 is 9.88 Å². The SMILES string of the molecule is Cc1ccc(-c2cc3c(=O)n(CCNC(=O)Cc4ccsc4)ccn3n2)cc1C. The van der Waals surface area contributed by atoms with E-state index >= 15 is 0 Å². The predicted molar refractivity (Wildman–Crippen MR) is 115 cm³/mol. The van der Waals surface area contributed by atoms with Crippen molar-refractivity contribution in [1.82, 2.24) is 19.5 Å². The van der Waals surface area contributed by atoms with Crippen molar-refractivity contribution < 1.29 is 4.79 Å². The Morgan fingerprint density at radius 1 is 1.14 bits per heavy atom. The number of nitrogens with zero attached hydrogens (tertiary/aromatic N) is 3. The molecule has 0 aliphatic heterocycles. The minimum atomic E-state index is -0.123. The third-order valence-electron chi connectivity index (χ3n) is 5.03. The van der Waals surface area contributed by atoms with E-state index in [-0.39, 0.29) is 11.5 Å². The number of hydrogen-bond donors (Lipinski definition) is 1. The number of nitrogens with one attached hydrogen (secondary N) is 1. The number of aryl methyl sites for hydroxylation is 2. The molecule has 29 heavy (non-hydrogen) atoms. The number of aromatic nitrogens is 3. The van der Waals surface area contributed by atoms with Gasteiger partial charge >= 0.3 is 0 Å². The quantitative estimate of drug-likeness (QED) is 0.535. The number of rotatable bonds is 6. The first-order chi connectivity index (χ1) is 14.0. The minimum absolute atomic E-state index is 0.0427. The summed E-state index contributed by atoms with van der Waals surface area (Å²) >= 11 is 1.57. The van der Waals surface area contributed by atoms with Crippen molar-refractivity contribution in [1.29, 1.82) is 0 Å². The molecule has 0 aliphatic carbocycles. The molecule has 1 aromatic carbocycles. The number of hydrogen-bond acceptors (Lipinski definition) is 4. The maximum atomic E-state index is 12.8. The van der Waals surface area contributed by atoms with Gasteiger partial charge in [-0.15, -0.1) is 0 Å². The Balaban J connectivity index is 1.48. The van der Waals surface area contributed by atoms with Gasteiger partial charge in [-0.25, -0.2) is 4.52 Å². The monoisotopic (exact) mass is 406 g/mol. The van der Waals surface area contributed by atoms with Crippen LogP contribution in [0.3, 0.4) is 0 Å². The average molecular weight is 407 g/mol. The summed E-state index contributed by atoms with van der Waals surface area (Å²) in [6.07, 6.45) is 3.84. The second-order valence-corrected chi connectivity index (χ2v) is 7.89. The Morgan fingerprint density at radius 2 is 2.00 bits per heavy atom. The van der Waals surface area contributed by atoms with Crippen molar-refractivity contribution in [3.8, 4) is 11.3 Å². The summed E-state index contributed by atoms with van der Waals surface area (Å²) in [7, 11) is 0. The summed E-state index contributed by atoms with van der Waals surface area (Å²) in [5.41, 5.74) is 5.57. The lowest BCUT2D eigenvalue weighted by Gasteiger charge is -2.07. The van der Waals surface area contributed by atoms with Gasteiger partial charge in [0, 0.05) is 31.0 Å². The maximum absolute atomic E-state index is 12.8. The van der Waals surface area contributed by atoms with E-state index in [1.807, 2.05) is 29.0 Å². The Kier molecular flexibility index (Phi) is 5.31. The maximum Gasteiger partial charge on any atom is 0.276 e. The van der Waals surface area contributed by atoms with Crippen molar-refractivity contribution in [2.75, 3.05) is 6.54 Å². The first-order valence-corrected chi connectivity index (χ1v) is 10.4. The van der Waals surface area contributed by atoms with Gasteiger partial charge in [0.15, 0.2) is 0 Å². The highest BCUT2D eigenvalue weighted by Crippen LogP contribution is 2.21. The zero-order chi connectivity index (χ0) is 20.4. The van der Waals surface area contributed by atoms with Crippen LogP contribution in [0, 0.1) is 13.8 Å². The van der Waals surface area contributed by atoms with Gasteiger partial charge in [0.05, 0.1) is 12.1 Å². The van der Waals surface area contributed by atoms with Crippen LogP contribution in [0.5, 0.6) is 0 Å². The first kappa shape index (κ1) is 19.1. The zero-order valence-electron chi connectivity index (χ0n) is 16.4. The average Bonchev–Trinajstić information content (AvgIpc) is 3.36. The molecular weight excluding hydrogens is 384 g/mol. The molecule has 3 aromatic heterocycles. The van der Waals surface area contributed by atoms with Crippen LogP contribution in [-0.2, 0) is 17.8 Å². The lowest BCUT2D eigenvalue weighted by Crippen LogP contribution is -2.31. The Labute approximate surface area is 172 Å². The van der Waals surface area contributed by atoms with Crippen LogP contribution in [0.1, 0.15) is 16.7 Å². The number of carbonyl (C=O) groups excluding carboxylic acids is 1. The zero-order valence-corrected chi connectivity index (χ0v) is 17.2. The van der Waals surface area contributed by atoms with Crippen LogP contribution in [0.25, 0.3) is 16.8 Å². The predicted octanol–water partition coefficient (Wildman–Crippen LogP) is 3.20. The minimum Gasteiger partial charge on any atom is -0.354 e. The van der Waals surface area contributed by atoms with Gasteiger partial charge in [0.2, 0.25) is 5.91 Å². The van der Waals surface area contributed by atoms with E-state index in [1.165, 1.54) is 11.1 Å². The van der Waals surface area contributed by atoms with Gasteiger partial charge in [0.25, 0.3) is 5.56 Å². The van der Waals surface area contributed by atoms with Crippen LogP contribution in [0.4, 0.5) is 0 Å². The molecular formula is C22H22N4O2S. The third kappa shape index (κ3) is 4.14. The third-order valence-corrected chi connectivity index (χ3v) is 5.76. The van der Waals surface area contributed by atoms with Gasteiger partial charge in [0.1, 0.15) is 5.52 Å². The summed E-state index contributed by atoms with van der Waals surface area (Å²) in [5, 5.41) is 11.3. The van der Waals surface area contributed by atoms with E-state index in [0.717, 1.165) is 16.8 Å². The molecule has 4 rings (SSSR count). The van der Waals surface area contributed by atoms with Crippen LogP contribution >= 0.6 is 11.3 Å². The van der Waals surface area contributed by atoms with Crippen LogP contribution in [0.2, 0.25) is 0 Å². The highest BCUT2D eigenvalue weighted by molar-refractivity contribution is 7.08. The summed E-state index contributed by atoms with van der Waals surface area (Å²) < 4.78 is 3.21. The molecule has 1 amide bonds. The molecule has 0 saturated heterocycles. The van der Waals surface area contributed by atoms with E-state index in [0.29, 0.717) is 25.0 Å². The molecule has 6 nitrogen and oxygen atoms in total. The smallest absolute Gasteiger partial charge is 0.276 e. The lowest BCUT2D eigenvalue weighted by molar-refractivity contribution is -0.120. The van der Waals surface area contributed by atoms with Gasteiger partial charge in [-0.1, -0.05) is 12.1 Å². The molecule has 148 valence electrons. The molecule has 0 saturated carbocycles. The molecule has 1 N–H and O–H groups in total. The van der Waals surface area contributed by atoms with Crippen molar-refractivity contribution in [2.24, 2.45) is 0 Å². The van der Waals surface area contributed by atoms with Crippen molar-refractivity contribution in [2.45, 2.75) is 26.8 Å². The summed E-state index contributed by atoms with van der Waals surface area (Å²) in [6.45, 7) is 4.95. The summed E-state index contributed by atoms with van der Waals surface area (Å²) in [4.78, 5) is 24.8. The topological polar surface area (TPSA) is 68.4 Å². The Hall–Kier alpha value is -3.19. The van der Waals surface area contributed by atoms with Gasteiger partial charge in [-0.3, -0.25) is 9.59 Å². The molecule has 0 aliphatic rings. The normalized spacial score (nSPS) is 11.1.